The molecule has 94 valence electrons. The van der Waals surface area contributed by atoms with Crippen LogP contribution in [-0.2, 0) is 4.79 Å². The average molecular weight is 264 g/mol. The number of amides is 1. The first-order valence-electron chi connectivity index (χ1n) is 5.28. The van der Waals surface area contributed by atoms with Crippen molar-refractivity contribution in [2.24, 2.45) is 0 Å². The van der Waals surface area contributed by atoms with E-state index in [1.54, 1.807) is 31.2 Å². The number of aryl methyl sites for hydroxylation is 1. The lowest BCUT2D eigenvalue weighted by Gasteiger charge is -2.02. The fourth-order valence-electron chi connectivity index (χ4n) is 1.33. The number of phenolic OH excluding ortho intramolecular Hbond substituents is 1. The van der Waals surface area contributed by atoms with E-state index in [9.17, 15) is 9.90 Å². The van der Waals surface area contributed by atoms with Crippen molar-refractivity contribution in [2.75, 3.05) is 11.1 Å². The van der Waals surface area contributed by atoms with Crippen molar-refractivity contribution in [2.45, 2.75) is 11.8 Å². The van der Waals surface area contributed by atoms with Gasteiger partial charge in [-0.2, -0.15) is 0 Å². The fraction of sp³-hybridized carbons (Fsp3) is 0.167. The Balaban J connectivity index is 1.85. The van der Waals surface area contributed by atoms with Gasteiger partial charge in [0.2, 0.25) is 5.91 Å². The van der Waals surface area contributed by atoms with Crippen molar-refractivity contribution in [1.29, 1.82) is 0 Å². The SMILES string of the molecule is Cc1cc(NC(=O)CSc2cccc(O)c2)no1. The Morgan fingerprint density at radius 1 is 1.50 bits per heavy atom. The molecule has 0 unspecified atom stereocenters. The minimum atomic E-state index is -0.170. The predicted molar refractivity (Wildman–Crippen MR) is 68.7 cm³/mol. The number of hydrogen-bond acceptors (Lipinski definition) is 5. The Morgan fingerprint density at radius 2 is 2.33 bits per heavy atom. The quantitative estimate of drug-likeness (QED) is 0.829. The first kappa shape index (κ1) is 12.5. The number of anilines is 1. The van der Waals surface area contributed by atoms with Gasteiger partial charge in [0, 0.05) is 11.0 Å². The number of hydrogen-bond donors (Lipinski definition) is 2. The molecular weight excluding hydrogens is 252 g/mol. The van der Waals surface area contributed by atoms with Crippen LogP contribution in [0.15, 0.2) is 39.8 Å². The normalized spacial score (nSPS) is 10.3. The highest BCUT2D eigenvalue weighted by atomic mass is 32.2. The molecule has 0 radical (unpaired) electrons. The van der Waals surface area contributed by atoms with Crippen LogP contribution in [0.25, 0.3) is 0 Å². The molecule has 0 atom stereocenters. The smallest absolute Gasteiger partial charge is 0.235 e. The second kappa shape index (κ2) is 5.59. The highest BCUT2D eigenvalue weighted by Crippen LogP contribution is 2.22. The van der Waals surface area contributed by atoms with Crippen LogP contribution in [-0.4, -0.2) is 21.9 Å². The lowest BCUT2D eigenvalue weighted by molar-refractivity contribution is -0.113. The molecule has 0 saturated heterocycles. The molecule has 0 aliphatic rings. The van der Waals surface area contributed by atoms with E-state index in [4.69, 9.17) is 4.52 Å². The lowest BCUT2D eigenvalue weighted by Crippen LogP contribution is -2.14. The van der Waals surface area contributed by atoms with Crippen LogP contribution in [0.5, 0.6) is 5.75 Å². The topological polar surface area (TPSA) is 75.4 Å². The number of nitrogens with zero attached hydrogens (tertiary/aromatic N) is 1. The van der Waals surface area contributed by atoms with Gasteiger partial charge in [-0.15, -0.1) is 11.8 Å². The van der Waals surface area contributed by atoms with E-state index < -0.39 is 0 Å². The van der Waals surface area contributed by atoms with Gasteiger partial charge in [-0.25, -0.2) is 0 Å². The maximum Gasteiger partial charge on any atom is 0.235 e. The Hall–Kier alpha value is -1.95. The standard InChI is InChI=1S/C12H12N2O3S/c1-8-5-11(14-17-8)13-12(16)7-18-10-4-2-3-9(15)6-10/h2-6,15H,7H2,1H3,(H,13,14,16). The first-order valence-corrected chi connectivity index (χ1v) is 6.27. The monoisotopic (exact) mass is 264 g/mol. The molecule has 2 N–H and O–H groups in total. The molecule has 5 nitrogen and oxygen atoms in total. The molecular formula is C12H12N2O3S. The first-order chi connectivity index (χ1) is 8.63. The number of benzene rings is 1. The zero-order valence-corrected chi connectivity index (χ0v) is 10.5. The van der Waals surface area contributed by atoms with Crippen molar-refractivity contribution in [3.8, 4) is 5.75 Å². The van der Waals surface area contributed by atoms with Crippen LogP contribution in [0, 0.1) is 6.92 Å². The summed E-state index contributed by atoms with van der Waals surface area (Å²) in [4.78, 5) is 12.4. The second-order valence-corrected chi connectivity index (χ2v) is 4.71. The summed E-state index contributed by atoms with van der Waals surface area (Å²) in [5.74, 6) is 1.32. The highest BCUT2D eigenvalue weighted by molar-refractivity contribution is 8.00. The lowest BCUT2D eigenvalue weighted by atomic mass is 10.3. The van der Waals surface area contributed by atoms with E-state index in [1.807, 2.05) is 6.07 Å². The molecule has 1 aromatic heterocycles. The van der Waals surface area contributed by atoms with Gasteiger partial charge < -0.3 is 14.9 Å². The van der Waals surface area contributed by atoms with Gasteiger partial charge in [-0.05, 0) is 25.1 Å². The zero-order chi connectivity index (χ0) is 13.0. The number of rotatable bonds is 4. The Bertz CT molecular complexity index is 554. The summed E-state index contributed by atoms with van der Waals surface area (Å²) in [5, 5.41) is 15.6. The summed E-state index contributed by atoms with van der Waals surface area (Å²) in [6.07, 6.45) is 0. The number of aromatic hydroxyl groups is 1. The number of carbonyl (C=O) groups excluding carboxylic acids is 1. The molecule has 1 aromatic carbocycles. The van der Waals surface area contributed by atoms with E-state index in [0.717, 1.165) is 4.90 Å². The summed E-state index contributed by atoms with van der Waals surface area (Å²) in [5.41, 5.74) is 0. The maximum absolute atomic E-state index is 11.6. The molecule has 0 saturated carbocycles. The van der Waals surface area contributed by atoms with Crippen LogP contribution in [0.2, 0.25) is 0 Å². The van der Waals surface area contributed by atoms with Gasteiger partial charge in [-0.1, -0.05) is 11.2 Å². The summed E-state index contributed by atoms with van der Waals surface area (Å²) in [6, 6.07) is 8.41. The molecule has 2 rings (SSSR count). The zero-order valence-electron chi connectivity index (χ0n) is 9.71. The van der Waals surface area contributed by atoms with Crippen LogP contribution in [0.4, 0.5) is 5.82 Å². The van der Waals surface area contributed by atoms with Gasteiger partial charge >= 0.3 is 0 Å². The molecule has 1 amide bonds. The van der Waals surface area contributed by atoms with E-state index in [-0.39, 0.29) is 17.4 Å². The largest absolute Gasteiger partial charge is 0.508 e. The number of phenols is 1. The van der Waals surface area contributed by atoms with Gasteiger partial charge in [-0.3, -0.25) is 4.79 Å². The minimum absolute atomic E-state index is 0.170. The molecule has 18 heavy (non-hydrogen) atoms. The van der Waals surface area contributed by atoms with E-state index in [1.165, 1.54) is 11.8 Å². The van der Waals surface area contributed by atoms with Crippen molar-refractivity contribution in [3.63, 3.8) is 0 Å². The molecule has 0 aliphatic heterocycles. The van der Waals surface area contributed by atoms with Crippen molar-refractivity contribution in [3.05, 3.63) is 36.1 Å². The third-order valence-corrected chi connectivity index (χ3v) is 3.08. The van der Waals surface area contributed by atoms with E-state index >= 15 is 0 Å². The number of thioether (sulfide) groups is 1. The summed E-state index contributed by atoms with van der Waals surface area (Å²) in [7, 11) is 0. The van der Waals surface area contributed by atoms with Gasteiger partial charge in [0.15, 0.2) is 5.82 Å². The summed E-state index contributed by atoms with van der Waals surface area (Å²) in [6.45, 7) is 1.75. The minimum Gasteiger partial charge on any atom is -0.508 e. The molecule has 0 fully saturated rings. The van der Waals surface area contributed by atoms with Crippen LogP contribution in [0.3, 0.4) is 0 Å². The third-order valence-electron chi connectivity index (χ3n) is 2.08. The Labute approximate surface area is 108 Å². The van der Waals surface area contributed by atoms with Crippen molar-refractivity contribution >= 4 is 23.5 Å². The molecule has 6 heteroatoms. The Morgan fingerprint density at radius 3 is 3.00 bits per heavy atom. The molecule has 2 aromatic rings. The molecule has 0 bridgehead atoms. The van der Waals surface area contributed by atoms with Gasteiger partial charge in [0.25, 0.3) is 0 Å². The molecule has 0 spiro atoms. The summed E-state index contributed by atoms with van der Waals surface area (Å²) >= 11 is 1.34. The fourth-order valence-corrected chi connectivity index (χ4v) is 2.08. The number of aromatic nitrogens is 1. The van der Waals surface area contributed by atoms with Crippen LogP contribution in [0.1, 0.15) is 5.76 Å². The number of nitrogens with one attached hydrogen (secondary N) is 1. The average Bonchev–Trinajstić information content (AvgIpc) is 2.72. The van der Waals surface area contributed by atoms with Crippen molar-refractivity contribution in [1.82, 2.24) is 5.16 Å². The maximum atomic E-state index is 11.6. The molecule has 0 aliphatic carbocycles. The van der Waals surface area contributed by atoms with Crippen LogP contribution >= 0.6 is 11.8 Å². The predicted octanol–water partition coefficient (Wildman–Crippen LogP) is 2.42. The van der Waals surface area contributed by atoms with E-state index in [0.29, 0.717) is 11.6 Å². The van der Waals surface area contributed by atoms with Gasteiger partial charge in [0.05, 0.1) is 5.75 Å². The van der Waals surface area contributed by atoms with Gasteiger partial charge in [0.1, 0.15) is 11.5 Å². The third kappa shape index (κ3) is 3.53. The second-order valence-electron chi connectivity index (χ2n) is 3.66. The Kier molecular flexibility index (Phi) is 3.88. The van der Waals surface area contributed by atoms with Crippen LogP contribution < -0.4 is 5.32 Å². The number of carbonyl (C=O) groups is 1. The highest BCUT2D eigenvalue weighted by Gasteiger charge is 2.07. The van der Waals surface area contributed by atoms with Crippen molar-refractivity contribution < 1.29 is 14.4 Å². The summed E-state index contributed by atoms with van der Waals surface area (Å²) < 4.78 is 4.84. The van der Waals surface area contributed by atoms with E-state index in [2.05, 4.69) is 10.5 Å². The molecule has 1 heterocycles.